The van der Waals surface area contributed by atoms with Crippen molar-refractivity contribution in [2.24, 2.45) is 5.41 Å². The predicted octanol–water partition coefficient (Wildman–Crippen LogP) is 6.67. The molecule has 138 valence electrons. The number of halogens is 1. The molecular formula is C23H27ClO2. The molecule has 0 amide bonds. The number of benzene rings is 2. The van der Waals surface area contributed by atoms with Crippen LogP contribution >= 0.6 is 11.6 Å². The molecule has 0 aromatic heterocycles. The molecule has 0 radical (unpaired) electrons. The molecule has 0 atom stereocenters. The van der Waals surface area contributed by atoms with E-state index in [0.29, 0.717) is 10.8 Å². The highest BCUT2D eigenvalue weighted by Gasteiger charge is 2.27. The smallest absolute Gasteiger partial charge is 0.336 e. The molecule has 0 bridgehead atoms. The lowest BCUT2D eigenvalue weighted by molar-refractivity contribution is -0.128. The van der Waals surface area contributed by atoms with Crippen molar-refractivity contribution in [1.82, 2.24) is 0 Å². The van der Waals surface area contributed by atoms with E-state index in [2.05, 4.69) is 34.6 Å². The van der Waals surface area contributed by atoms with Gasteiger partial charge in [0.25, 0.3) is 0 Å². The number of rotatable bonds is 5. The van der Waals surface area contributed by atoms with Crippen LogP contribution in [0.2, 0.25) is 5.02 Å². The molecule has 2 aromatic rings. The van der Waals surface area contributed by atoms with Crippen molar-refractivity contribution < 1.29 is 9.53 Å². The maximum Gasteiger partial charge on any atom is 0.336 e. The van der Waals surface area contributed by atoms with Crippen molar-refractivity contribution in [3.05, 3.63) is 70.8 Å². The van der Waals surface area contributed by atoms with E-state index >= 15 is 0 Å². The van der Waals surface area contributed by atoms with Crippen LogP contribution < -0.4 is 4.74 Å². The van der Waals surface area contributed by atoms with E-state index in [1.165, 1.54) is 11.6 Å². The van der Waals surface area contributed by atoms with Crippen LogP contribution in [0.5, 0.6) is 5.75 Å². The summed E-state index contributed by atoms with van der Waals surface area (Å²) in [5.74, 6) is 0.146. The van der Waals surface area contributed by atoms with E-state index in [9.17, 15) is 4.79 Å². The summed E-state index contributed by atoms with van der Waals surface area (Å²) in [5.41, 5.74) is 2.45. The summed E-state index contributed by atoms with van der Waals surface area (Å²) >= 11 is 5.85. The number of esters is 1. The second kappa shape index (κ2) is 8.09. The molecule has 0 aliphatic carbocycles. The van der Waals surface area contributed by atoms with Gasteiger partial charge in [-0.1, -0.05) is 70.5 Å². The molecule has 0 aliphatic rings. The Balaban J connectivity index is 2.00. The van der Waals surface area contributed by atoms with Crippen LogP contribution in [0.25, 0.3) is 6.08 Å². The van der Waals surface area contributed by atoms with Gasteiger partial charge < -0.3 is 4.74 Å². The number of carbonyl (C=O) groups excluding carboxylic acids is 1. The molecule has 2 aromatic carbocycles. The maximum atomic E-state index is 12.0. The van der Waals surface area contributed by atoms with Crippen molar-refractivity contribution in [2.75, 3.05) is 0 Å². The monoisotopic (exact) mass is 370 g/mol. The quantitative estimate of drug-likeness (QED) is 0.333. The van der Waals surface area contributed by atoms with Crippen LogP contribution in [0.1, 0.15) is 52.2 Å². The van der Waals surface area contributed by atoms with Gasteiger partial charge in [-0.2, -0.15) is 0 Å². The van der Waals surface area contributed by atoms with Crippen LogP contribution in [0.15, 0.2) is 54.6 Å². The van der Waals surface area contributed by atoms with E-state index in [0.717, 1.165) is 12.0 Å². The molecule has 0 aliphatic heterocycles. The number of ether oxygens (including phenoxy) is 1. The van der Waals surface area contributed by atoms with Gasteiger partial charge in [0.15, 0.2) is 0 Å². The Morgan fingerprint density at radius 3 is 2.08 bits per heavy atom. The van der Waals surface area contributed by atoms with E-state index < -0.39 is 5.97 Å². The molecule has 3 heteroatoms. The van der Waals surface area contributed by atoms with E-state index in [4.69, 9.17) is 16.3 Å². The third-order valence-corrected chi connectivity index (χ3v) is 4.36. The number of hydrogen-bond donors (Lipinski definition) is 0. The molecule has 0 saturated heterocycles. The van der Waals surface area contributed by atoms with E-state index in [-0.39, 0.29) is 10.8 Å². The number of carbonyl (C=O) groups is 1. The van der Waals surface area contributed by atoms with Gasteiger partial charge in [-0.05, 0) is 58.7 Å². The summed E-state index contributed by atoms with van der Waals surface area (Å²) in [4.78, 5) is 12.0. The average molecular weight is 371 g/mol. The lowest BCUT2D eigenvalue weighted by atomic mass is 9.72. The second-order valence-electron chi connectivity index (χ2n) is 8.45. The van der Waals surface area contributed by atoms with Crippen molar-refractivity contribution >= 4 is 23.6 Å². The van der Waals surface area contributed by atoms with Crippen molar-refractivity contribution in [2.45, 2.75) is 46.5 Å². The fraction of sp³-hybridized carbons (Fsp3) is 0.348. The van der Waals surface area contributed by atoms with Gasteiger partial charge in [0.05, 0.1) is 0 Å². The van der Waals surface area contributed by atoms with Gasteiger partial charge in [0.2, 0.25) is 0 Å². The molecule has 0 spiro atoms. The largest absolute Gasteiger partial charge is 0.423 e. The van der Waals surface area contributed by atoms with Gasteiger partial charge in [0.1, 0.15) is 5.75 Å². The zero-order chi connectivity index (χ0) is 19.4. The first-order valence-corrected chi connectivity index (χ1v) is 9.19. The van der Waals surface area contributed by atoms with Crippen LogP contribution in [-0.2, 0) is 10.2 Å². The third kappa shape index (κ3) is 6.34. The Morgan fingerprint density at radius 2 is 1.54 bits per heavy atom. The molecule has 0 heterocycles. The molecule has 2 rings (SSSR count). The summed E-state index contributed by atoms with van der Waals surface area (Å²) in [7, 11) is 0. The molecule has 0 fully saturated rings. The van der Waals surface area contributed by atoms with E-state index in [1.807, 2.05) is 36.4 Å². The molecule has 0 N–H and O–H groups in total. The fourth-order valence-corrected chi connectivity index (χ4v) is 3.42. The molecule has 2 nitrogen and oxygen atoms in total. The Bertz CT molecular complexity index is 763. The van der Waals surface area contributed by atoms with Gasteiger partial charge in [-0.15, -0.1) is 0 Å². The molecular weight excluding hydrogens is 344 g/mol. The first-order valence-electron chi connectivity index (χ1n) is 8.81. The Hall–Kier alpha value is -2.06. The summed E-state index contributed by atoms with van der Waals surface area (Å²) in [6.07, 6.45) is 4.20. The van der Waals surface area contributed by atoms with E-state index in [1.54, 1.807) is 18.2 Å². The van der Waals surface area contributed by atoms with Crippen LogP contribution in [-0.4, -0.2) is 5.97 Å². The minimum Gasteiger partial charge on any atom is -0.423 e. The highest BCUT2D eigenvalue weighted by molar-refractivity contribution is 6.30. The third-order valence-electron chi connectivity index (χ3n) is 4.11. The van der Waals surface area contributed by atoms with Gasteiger partial charge in [-0.3, -0.25) is 0 Å². The summed E-state index contributed by atoms with van der Waals surface area (Å²) in [6.45, 7) is 11.2. The highest BCUT2D eigenvalue weighted by Crippen LogP contribution is 2.36. The lowest BCUT2D eigenvalue weighted by Gasteiger charge is -2.33. The maximum absolute atomic E-state index is 12.0. The minimum absolute atomic E-state index is 0.0648. The summed E-state index contributed by atoms with van der Waals surface area (Å²) in [5, 5.41) is 0.666. The van der Waals surface area contributed by atoms with Crippen LogP contribution in [0.3, 0.4) is 0 Å². The zero-order valence-corrected chi connectivity index (χ0v) is 16.9. The van der Waals surface area contributed by atoms with Gasteiger partial charge in [-0.25, -0.2) is 4.79 Å². The normalized spacial score (nSPS) is 12.4. The topological polar surface area (TPSA) is 26.3 Å². The van der Waals surface area contributed by atoms with Gasteiger partial charge in [0, 0.05) is 11.1 Å². The summed E-state index contributed by atoms with van der Waals surface area (Å²) < 4.78 is 5.38. The van der Waals surface area contributed by atoms with Crippen molar-refractivity contribution in [3.63, 3.8) is 0 Å². The highest BCUT2D eigenvalue weighted by atomic mass is 35.5. The Morgan fingerprint density at radius 1 is 0.962 bits per heavy atom. The zero-order valence-electron chi connectivity index (χ0n) is 16.2. The molecule has 26 heavy (non-hydrogen) atoms. The van der Waals surface area contributed by atoms with Crippen molar-refractivity contribution in [3.8, 4) is 5.75 Å². The summed E-state index contributed by atoms with van der Waals surface area (Å²) in [6, 6.07) is 15.0. The second-order valence-corrected chi connectivity index (χ2v) is 8.89. The van der Waals surface area contributed by atoms with Crippen molar-refractivity contribution in [1.29, 1.82) is 0 Å². The van der Waals surface area contributed by atoms with Gasteiger partial charge >= 0.3 is 5.97 Å². The van der Waals surface area contributed by atoms with Crippen LogP contribution in [0.4, 0.5) is 0 Å². The van der Waals surface area contributed by atoms with Crippen LogP contribution in [0, 0.1) is 5.41 Å². The number of hydrogen-bond acceptors (Lipinski definition) is 2. The lowest BCUT2D eigenvalue weighted by Crippen LogP contribution is -2.24. The first kappa shape index (κ1) is 20.3. The first-order chi connectivity index (χ1) is 12.0. The minimum atomic E-state index is -0.401. The average Bonchev–Trinajstić information content (AvgIpc) is 2.52. The predicted molar refractivity (Wildman–Crippen MR) is 110 cm³/mol. The fourth-order valence-electron chi connectivity index (χ4n) is 3.29. The molecule has 0 unspecified atom stereocenters. The Labute approximate surface area is 161 Å². The SMILES string of the molecule is CC(C)(C)CC(C)(C)c1ccc(OC(=O)/C=C/c2ccc(Cl)cc2)cc1. The molecule has 0 saturated carbocycles. The standard InChI is InChI=1S/C23H27ClO2/c1-22(2,3)16-23(4,5)18-9-13-20(14-10-18)26-21(25)15-8-17-6-11-19(24)12-7-17/h6-15H,16H2,1-5H3/b15-8+. The Kier molecular flexibility index (Phi) is 6.30.